The Kier molecular flexibility index (Phi) is 7.17. The molecule has 0 bridgehead atoms. The van der Waals surface area contributed by atoms with Gasteiger partial charge in [0.1, 0.15) is 18.7 Å². The van der Waals surface area contributed by atoms with Gasteiger partial charge in [-0.05, 0) is 24.3 Å². The van der Waals surface area contributed by atoms with Crippen LogP contribution in [0.1, 0.15) is 10.4 Å². The van der Waals surface area contributed by atoms with Gasteiger partial charge in [-0.2, -0.15) is 18.3 Å². The van der Waals surface area contributed by atoms with E-state index in [1.165, 1.54) is 22.2 Å². The molecule has 27 heavy (non-hydrogen) atoms. The first kappa shape index (κ1) is 21.1. The summed E-state index contributed by atoms with van der Waals surface area (Å²) in [5.41, 5.74) is 0.989. The van der Waals surface area contributed by atoms with Crippen molar-refractivity contribution in [1.29, 1.82) is 0 Å². The predicted octanol–water partition coefficient (Wildman–Crippen LogP) is 1.25. The van der Waals surface area contributed by atoms with Crippen molar-refractivity contribution in [3.63, 3.8) is 0 Å². The first-order valence-corrected chi connectivity index (χ1v) is 8.20. The van der Waals surface area contributed by atoms with E-state index in [2.05, 4.69) is 20.7 Å². The average Bonchev–Trinajstić information content (AvgIpc) is 3.16. The minimum atomic E-state index is -4.40. The first-order valence-electron chi connectivity index (χ1n) is 8.20. The fraction of sp³-hybridized carbons (Fsp3) is 0.438. The molecule has 148 valence electrons. The molecule has 0 spiro atoms. The second kappa shape index (κ2) is 9.16. The van der Waals surface area contributed by atoms with Crippen molar-refractivity contribution in [2.75, 3.05) is 32.7 Å². The highest BCUT2D eigenvalue weighted by molar-refractivity contribution is 5.94. The maximum Gasteiger partial charge on any atom is 0.405 e. The lowest BCUT2D eigenvalue weighted by Gasteiger charge is -2.35. The number of alkyl halides is 3. The fourth-order valence-electron chi connectivity index (χ4n) is 2.84. The molecule has 7 nitrogen and oxygen atoms in total. The highest BCUT2D eigenvalue weighted by Crippen LogP contribution is 2.24. The summed E-state index contributed by atoms with van der Waals surface area (Å²) in [5.74, 6) is -0.542. The van der Waals surface area contributed by atoms with E-state index in [1.54, 1.807) is 24.3 Å². The number of carbonyl (C=O) groups excluding carboxylic acids is 1. The van der Waals surface area contributed by atoms with Crippen LogP contribution in [0.15, 0.2) is 36.9 Å². The smallest absolute Gasteiger partial charge is 0.350 e. The molecule has 2 N–H and O–H groups in total. The van der Waals surface area contributed by atoms with Crippen LogP contribution in [0.4, 0.5) is 13.2 Å². The standard InChI is InChI=1S/C16H19F3N6O.ClH/c17-16(18,19)14(24-7-5-20-6-8-24)9-22-15(26)12-1-3-13(4-2-12)25-11-21-10-23-25;/h1-4,10-11,14,20H,5-9H2,(H,22,26);1H. The van der Waals surface area contributed by atoms with Gasteiger partial charge in [-0.15, -0.1) is 12.4 Å². The van der Waals surface area contributed by atoms with E-state index in [-0.39, 0.29) is 18.0 Å². The predicted molar refractivity (Wildman–Crippen MR) is 95.2 cm³/mol. The van der Waals surface area contributed by atoms with Gasteiger partial charge < -0.3 is 10.6 Å². The number of nitrogens with zero attached hydrogens (tertiary/aromatic N) is 4. The van der Waals surface area contributed by atoms with Gasteiger partial charge in [-0.1, -0.05) is 0 Å². The minimum Gasteiger partial charge on any atom is -0.350 e. The molecule has 1 aromatic heterocycles. The molecule has 1 aliphatic heterocycles. The van der Waals surface area contributed by atoms with Crippen LogP contribution in [-0.4, -0.2) is 70.5 Å². The third kappa shape index (κ3) is 5.41. The Morgan fingerprint density at radius 2 is 1.89 bits per heavy atom. The molecule has 1 unspecified atom stereocenters. The molecule has 0 radical (unpaired) electrons. The molecule has 1 aliphatic rings. The largest absolute Gasteiger partial charge is 0.405 e. The molecule has 2 aromatic rings. The molecule has 1 atom stereocenters. The number of halogens is 4. The van der Waals surface area contributed by atoms with Crippen LogP contribution < -0.4 is 10.6 Å². The Morgan fingerprint density at radius 3 is 2.44 bits per heavy atom. The summed E-state index contributed by atoms with van der Waals surface area (Å²) >= 11 is 0. The lowest BCUT2D eigenvalue weighted by Crippen LogP contribution is -2.57. The van der Waals surface area contributed by atoms with Crippen molar-refractivity contribution in [2.24, 2.45) is 0 Å². The van der Waals surface area contributed by atoms with Crippen LogP contribution in [0.5, 0.6) is 0 Å². The van der Waals surface area contributed by atoms with Crippen LogP contribution in [-0.2, 0) is 0 Å². The molecule has 0 aliphatic carbocycles. The number of piperazine rings is 1. The zero-order chi connectivity index (χ0) is 18.6. The van der Waals surface area contributed by atoms with Gasteiger partial charge in [0.15, 0.2) is 0 Å². The third-order valence-corrected chi connectivity index (χ3v) is 4.24. The normalized spacial score (nSPS) is 16.4. The van der Waals surface area contributed by atoms with Gasteiger partial charge in [0.05, 0.1) is 5.69 Å². The van der Waals surface area contributed by atoms with E-state index in [9.17, 15) is 18.0 Å². The number of hydrogen-bond acceptors (Lipinski definition) is 5. The SMILES string of the molecule is Cl.O=C(NCC(N1CCNCC1)C(F)(F)F)c1ccc(-n2cncn2)cc1. The zero-order valence-electron chi connectivity index (χ0n) is 14.3. The number of nitrogens with one attached hydrogen (secondary N) is 2. The number of aromatic nitrogens is 3. The maximum atomic E-state index is 13.3. The molecular weight excluding hydrogens is 385 g/mol. The third-order valence-electron chi connectivity index (χ3n) is 4.24. The highest BCUT2D eigenvalue weighted by atomic mass is 35.5. The van der Waals surface area contributed by atoms with Crippen molar-refractivity contribution in [2.45, 2.75) is 12.2 Å². The lowest BCUT2D eigenvalue weighted by molar-refractivity contribution is -0.183. The summed E-state index contributed by atoms with van der Waals surface area (Å²) in [6, 6.07) is 4.70. The van der Waals surface area contributed by atoms with Crippen molar-refractivity contribution in [3.8, 4) is 5.69 Å². The van der Waals surface area contributed by atoms with Gasteiger partial charge in [-0.3, -0.25) is 9.69 Å². The van der Waals surface area contributed by atoms with Crippen LogP contribution in [0, 0.1) is 0 Å². The molecule has 1 saturated heterocycles. The molecule has 0 saturated carbocycles. The van der Waals surface area contributed by atoms with Crippen molar-refractivity contribution < 1.29 is 18.0 Å². The van der Waals surface area contributed by atoms with Gasteiger partial charge in [-0.25, -0.2) is 9.67 Å². The topological polar surface area (TPSA) is 75.1 Å². The minimum absolute atomic E-state index is 0. The fourth-order valence-corrected chi connectivity index (χ4v) is 2.84. The van der Waals surface area contributed by atoms with Gasteiger partial charge in [0.2, 0.25) is 0 Å². The summed E-state index contributed by atoms with van der Waals surface area (Å²) in [4.78, 5) is 17.4. The average molecular weight is 405 g/mol. The number of carbonyl (C=O) groups is 1. The summed E-state index contributed by atoms with van der Waals surface area (Å²) in [6.45, 7) is 1.13. The van der Waals surface area contributed by atoms with Crippen LogP contribution in [0.3, 0.4) is 0 Å². The number of hydrogen-bond donors (Lipinski definition) is 2. The Balaban J connectivity index is 0.00000261. The van der Waals surface area contributed by atoms with Gasteiger partial charge in [0.25, 0.3) is 5.91 Å². The quantitative estimate of drug-likeness (QED) is 0.784. The molecule has 1 amide bonds. The molecule has 3 rings (SSSR count). The Labute approximate surface area is 160 Å². The van der Waals surface area contributed by atoms with Gasteiger partial charge >= 0.3 is 6.18 Å². The number of amides is 1. The molecule has 1 aromatic carbocycles. The van der Waals surface area contributed by atoms with E-state index in [4.69, 9.17) is 0 Å². The lowest BCUT2D eigenvalue weighted by atomic mass is 10.1. The molecule has 11 heteroatoms. The summed E-state index contributed by atoms with van der Waals surface area (Å²) in [6.07, 6.45) is -1.51. The van der Waals surface area contributed by atoms with E-state index < -0.39 is 24.7 Å². The molecule has 1 fully saturated rings. The van der Waals surface area contributed by atoms with Crippen LogP contribution in [0.25, 0.3) is 5.69 Å². The second-order valence-electron chi connectivity index (χ2n) is 5.94. The Morgan fingerprint density at radius 1 is 1.22 bits per heavy atom. The number of rotatable bonds is 5. The highest BCUT2D eigenvalue weighted by Gasteiger charge is 2.43. The maximum absolute atomic E-state index is 13.3. The van der Waals surface area contributed by atoms with Crippen molar-refractivity contribution in [1.82, 2.24) is 30.3 Å². The van der Waals surface area contributed by atoms with E-state index in [1.807, 2.05) is 0 Å². The van der Waals surface area contributed by atoms with Crippen LogP contribution >= 0.6 is 12.4 Å². The first-order chi connectivity index (χ1) is 12.4. The summed E-state index contributed by atoms with van der Waals surface area (Å²) < 4.78 is 41.5. The Bertz CT molecular complexity index is 717. The van der Waals surface area contributed by atoms with E-state index in [0.717, 1.165) is 0 Å². The van der Waals surface area contributed by atoms with Crippen molar-refractivity contribution >= 4 is 18.3 Å². The number of benzene rings is 1. The summed E-state index contributed by atoms with van der Waals surface area (Å²) in [7, 11) is 0. The van der Waals surface area contributed by atoms with Gasteiger partial charge in [0, 0.05) is 38.3 Å². The van der Waals surface area contributed by atoms with Crippen molar-refractivity contribution in [3.05, 3.63) is 42.5 Å². The van der Waals surface area contributed by atoms with Crippen LogP contribution in [0.2, 0.25) is 0 Å². The second-order valence-corrected chi connectivity index (χ2v) is 5.94. The summed E-state index contributed by atoms with van der Waals surface area (Å²) in [5, 5.41) is 9.39. The molecule has 2 heterocycles. The van der Waals surface area contributed by atoms with E-state index in [0.29, 0.717) is 31.9 Å². The molecular formula is C16H20ClF3N6O. The van der Waals surface area contributed by atoms with E-state index >= 15 is 0 Å². The monoisotopic (exact) mass is 404 g/mol. The Hall–Kier alpha value is -2.17. The zero-order valence-corrected chi connectivity index (χ0v) is 15.1.